The van der Waals surface area contributed by atoms with Gasteiger partial charge >= 0.3 is 5.76 Å². The molecule has 0 saturated heterocycles. The van der Waals surface area contributed by atoms with Crippen molar-refractivity contribution < 1.29 is 22.4 Å². The average Bonchev–Trinajstić information content (AvgIpc) is 3.35. The van der Waals surface area contributed by atoms with Crippen molar-refractivity contribution in [3.05, 3.63) is 46.9 Å². The van der Waals surface area contributed by atoms with Crippen LogP contribution in [0.1, 0.15) is 13.3 Å². The van der Waals surface area contributed by atoms with E-state index in [1.807, 2.05) is 19.2 Å². The molecule has 0 radical (unpaired) electrons. The normalized spacial score (nSPS) is 12.8. The lowest BCUT2D eigenvalue weighted by molar-refractivity contribution is -0.117. The number of aromatic nitrogens is 2. The van der Waals surface area contributed by atoms with Gasteiger partial charge in [-0.1, -0.05) is 11.3 Å². The highest BCUT2D eigenvalue weighted by molar-refractivity contribution is 7.98. The average molecular weight is 537 g/mol. The number of fused-ring (bicyclic) bond motifs is 2. The Bertz CT molecular complexity index is 1540. The lowest BCUT2D eigenvalue weighted by Crippen LogP contribution is -2.44. The lowest BCUT2D eigenvalue weighted by Gasteiger charge is -2.17. The molecule has 1 amide bonds. The monoisotopic (exact) mass is 536 g/mol. The van der Waals surface area contributed by atoms with Crippen LogP contribution in [0, 0.1) is 0 Å². The van der Waals surface area contributed by atoms with Gasteiger partial charge in [0.15, 0.2) is 10.7 Å². The molecule has 2 heterocycles. The van der Waals surface area contributed by atoms with Gasteiger partial charge in [-0.15, -0.1) is 0 Å². The molecule has 1 atom stereocenters. The largest absolute Gasteiger partial charge is 0.494 e. The molecule has 4 aromatic rings. The Morgan fingerprint density at radius 3 is 2.83 bits per heavy atom. The summed E-state index contributed by atoms with van der Waals surface area (Å²) in [5.74, 6) is 0.159. The Labute approximate surface area is 209 Å². The highest BCUT2D eigenvalue weighted by Crippen LogP contribution is 2.29. The zero-order chi connectivity index (χ0) is 25.2. The van der Waals surface area contributed by atoms with Gasteiger partial charge in [0.25, 0.3) is 0 Å². The van der Waals surface area contributed by atoms with Crippen molar-refractivity contribution in [2.75, 3.05) is 23.9 Å². The van der Waals surface area contributed by atoms with Crippen LogP contribution in [-0.4, -0.2) is 48.5 Å². The fraction of sp³-hybridized carbons (Fsp3) is 0.318. The van der Waals surface area contributed by atoms with Gasteiger partial charge in [0.2, 0.25) is 15.9 Å². The molecule has 0 spiro atoms. The van der Waals surface area contributed by atoms with E-state index in [-0.39, 0.29) is 16.9 Å². The molecule has 0 aliphatic heterocycles. The maximum Gasteiger partial charge on any atom is 0.419 e. The predicted molar refractivity (Wildman–Crippen MR) is 138 cm³/mol. The first-order chi connectivity index (χ1) is 16.7. The number of thioether (sulfide) groups is 1. The minimum absolute atomic E-state index is 0.107. The number of rotatable bonds is 10. The molecule has 2 aromatic carbocycles. The molecule has 0 fully saturated rings. The zero-order valence-corrected chi connectivity index (χ0v) is 21.7. The van der Waals surface area contributed by atoms with E-state index in [0.717, 1.165) is 4.70 Å². The summed E-state index contributed by atoms with van der Waals surface area (Å²) < 4.78 is 41.4. The summed E-state index contributed by atoms with van der Waals surface area (Å²) in [6, 6.07) is 8.55. The Hall–Kier alpha value is -2.87. The molecule has 0 bridgehead atoms. The van der Waals surface area contributed by atoms with Crippen LogP contribution in [0.3, 0.4) is 0 Å². The number of aryl methyl sites for hydroxylation is 1. The van der Waals surface area contributed by atoms with Gasteiger partial charge in [-0.3, -0.25) is 9.36 Å². The number of hydrogen-bond acceptors (Lipinski definition) is 9. The third-order valence-corrected chi connectivity index (χ3v) is 8.25. The molecular weight excluding hydrogens is 512 g/mol. The number of sulfonamides is 1. The summed E-state index contributed by atoms with van der Waals surface area (Å²) >= 11 is 2.77. The Morgan fingerprint density at radius 1 is 1.29 bits per heavy atom. The highest BCUT2D eigenvalue weighted by Gasteiger charge is 2.27. The smallest absolute Gasteiger partial charge is 0.419 e. The van der Waals surface area contributed by atoms with Crippen molar-refractivity contribution in [2.24, 2.45) is 7.05 Å². The standard InChI is InChI=1S/C22H24N4O6S3/c1-4-31-13-5-7-15-19(11-13)34-21(23-15)24-20(27)16(9-10-33-3)25-35(29,30)14-6-8-17-18(12-14)32-22(28)26(17)2/h5-8,11-12,16,25H,4,9-10H2,1-3H3,(H,23,24,27). The van der Waals surface area contributed by atoms with Crippen LogP contribution < -0.4 is 20.5 Å². The number of carbonyl (C=O) groups excluding carboxylic acids is 1. The molecule has 0 aliphatic rings. The van der Waals surface area contributed by atoms with Crippen LogP contribution >= 0.6 is 23.1 Å². The van der Waals surface area contributed by atoms with Crippen LogP contribution in [0.5, 0.6) is 5.75 Å². The maximum absolute atomic E-state index is 13.1. The Kier molecular flexibility index (Phi) is 7.50. The lowest BCUT2D eigenvalue weighted by atomic mass is 10.2. The van der Waals surface area contributed by atoms with Gasteiger partial charge in [0.05, 0.1) is 27.2 Å². The van der Waals surface area contributed by atoms with Crippen LogP contribution in [0.15, 0.2) is 50.5 Å². The van der Waals surface area contributed by atoms with Crippen LogP contribution in [0.25, 0.3) is 21.3 Å². The van der Waals surface area contributed by atoms with Gasteiger partial charge in [-0.05, 0) is 55.7 Å². The van der Waals surface area contributed by atoms with Gasteiger partial charge < -0.3 is 14.5 Å². The van der Waals surface area contributed by atoms with Gasteiger partial charge in [0.1, 0.15) is 11.8 Å². The Balaban J connectivity index is 1.55. The summed E-state index contributed by atoms with van der Waals surface area (Å²) in [6.45, 7) is 2.43. The fourth-order valence-corrected chi connectivity index (χ4v) is 6.04. The minimum atomic E-state index is -4.08. The molecule has 1 unspecified atom stereocenters. The topological polar surface area (TPSA) is 133 Å². The van der Waals surface area contributed by atoms with E-state index in [0.29, 0.717) is 34.3 Å². The van der Waals surface area contributed by atoms with E-state index < -0.39 is 27.7 Å². The van der Waals surface area contributed by atoms with Gasteiger partial charge in [0, 0.05) is 13.1 Å². The summed E-state index contributed by atoms with van der Waals surface area (Å²) in [5.41, 5.74) is 1.31. The van der Waals surface area contributed by atoms with E-state index in [4.69, 9.17) is 9.15 Å². The second kappa shape index (κ2) is 10.4. The first-order valence-electron chi connectivity index (χ1n) is 10.7. The quantitative estimate of drug-likeness (QED) is 0.316. The van der Waals surface area contributed by atoms with E-state index in [2.05, 4.69) is 15.0 Å². The van der Waals surface area contributed by atoms with E-state index in [9.17, 15) is 18.0 Å². The first kappa shape index (κ1) is 25.2. The van der Waals surface area contributed by atoms with E-state index in [1.165, 1.54) is 52.9 Å². The number of amides is 1. The number of thiazole rings is 1. The van der Waals surface area contributed by atoms with Crippen molar-refractivity contribution in [3.63, 3.8) is 0 Å². The van der Waals surface area contributed by atoms with Crippen LogP contribution in [0.4, 0.5) is 5.13 Å². The maximum atomic E-state index is 13.1. The molecular formula is C22H24N4O6S3. The SMILES string of the molecule is CCOc1ccc2nc(NC(=O)C(CCSC)NS(=O)(=O)c3ccc4c(c3)oc(=O)n4C)sc2c1. The highest BCUT2D eigenvalue weighted by atomic mass is 32.2. The van der Waals surface area contributed by atoms with Gasteiger partial charge in [-0.2, -0.15) is 16.5 Å². The fourth-order valence-electron chi connectivity index (χ4n) is 3.42. The number of nitrogens with zero attached hydrogens (tertiary/aromatic N) is 2. The first-order valence-corrected chi connectivity index (χ1v) is 14.4. The van der Waals surface area contributed by atoms with Crippen molar-refractivity contribution >= 4 is 65.5 Å². The molecule has 0 saturated carbocycles. The number of anilines is 1. The van der Waals surface area contributed by atoms with Crippen molar-refractivity contribution in [1.82, 2.24) is 14.3 Å². The zero-order valence-electron chi connectivity index (χ0n) is 19.2. The molecule has 0 aliphatic carbocycles. The summed E-state index contributed by atoms with van der Waals surface area (Å²) in [7, 11) is -2.55. The van der Waals surface area contributed by atoms with Crippen molar-refractivity contribution in [3.8, 4) is 5.75 Å². The number of ether oxygens (including phenoxy) is 1. The number of nitrogens with one attached hydrogen (secondary N) is 2. The molecule has 10 nitrogen and oxygen atoms in total. The molecule has 13 heteroatoms. The predicted octanol–water partition coefficient (Wildman–Crippen LogP) is 3.18. The molecule has 35 heavy (non-hydrogen) atoms. The molecule has 2 aromatic heterocycles. The second-order valence-corrected chi connectivity index (χ2v) is 11.3. The summed E-state index contributed by atoms with van der Waals surface area (Å²) in [4.78, 5) is 29.1. The molecule has 2 N–H and O–H groups in total. The van der Waals surface area contributed by atoms with Crippen LogP contribution in [-0.2, 0) is 21.9 Å². The molecule has 4 rings (SSSR count). The summed E-state index contributed by atoms with van der Waals surface area (Å²) in [5, 5.41) is 3.10. The molecule has 186 valence electrons. The number of hydrogen-bond donors (Lipinski definition) is 2. The second-order valence-electron chi connectivity index (χ2n) is 7.58. The minimum Gasteiger partial charge on any atom is -0.494 e. The Morgan fingerprint density at radius 2 is 2.09 bits per heavy atom. The number of oxazole rings is 1. The van der Waals surface area contributed by atoms with E-state index >= 15 is 0 Å². The third-order valence-electron chi connectivity index (χ3n) is 5.20. The number of benzene rings is 2. The van der Waals surface area contributed by atoms with Crippen molar-refractivity contribution in [2.45, 2.75) is 24.3 Å². The number of carbonyl (C=O) groups is 1. The summed E-state index contributed by atoms with van der Waals surface area (Å²) in [6.07, 6.45) is 2.15. The third kappa shape index (κ3) is 5.53. The van der Waals surface area contributed by atoms with Crippen molar-refractivity contribution in [1.29, 1.82) is 0 Å². The van der Waals surface area contributed by atoms with E-state index in [1.54, 1.807) is 12.1 Å². The van der Waals surface area contributed by atoms with Crippen LogP contribution in [0.2, 0.25) is 0 Å². The van der Waals surface area contributed by atoms with Gasteiger partial charge in [-0.25, -0.2) is 18.2 Å².